The van der Waals surface area contributed by atoms with Crippen LogP contribution >= 0.6 is 27.7 Å². The van der Waals surface area contributed by atoms with Crippen LogP contribution in [0.3, 0.4) is 0 Å². The number of pyridine rings is 1. The van der Waals surface area contributed by atoms with Gasteiger partial charge in [0, 0.05) is 27.4 Å². The Kier molecular flexibility index (Phi) is 4.80. The van der Waals surface area contributed by atoms with Crippen molar-refractivity contribution >= 4 is 27.7 Å². The Morgan fingerprint density at radius 1 is 1.22 bits per heavy atom. The third-order valence-corrected chi connectivity index (χ3v) is 4.10. The maximum atomic E-state index is 5.82. The molecule has 0 aliphatic rings. The third-order valence-electron chi connectivity index (χ3n) is 2.58. The van der Waals surface area contributed by atoms with Crippen LogP contribution in [0.2, 0.25) is 0 Å². The van der Waals surface area contributed by atoms with E-state index < -0.39 is 0 Å². The summed E-state index contributed by atoms with van der Waals surface area (Å²) in [6, 6.07) is 12.5. The standard InChI is InChI=1S/C14H15BrN2S/c1-10(16)11-2-6-14(7-3-11)18-9-13-5-4-12(15)8-17-13/h2-8,10H,9,16H2,1H3. The van der Waals surface area contributed by atoms with Gasteiger partial charge in [-0.15, -0.1) is 11.8 Å². The lowest BCUT2D eigenvalue weighted by molar-refractivity contribution is 0.817. The molecule has 4 heteroatoms. The summed E-state index contributed by atoms with van der Waals surface area (Å²) >= 11 is 5.16. The molecule has 1 unspecified atom stereocenters. The van der Waals surface area contributed by atoms with Crippen LogP contribution in [0, 0.1) is 0 Å². The summed E-state index contributed by atoms with van der Waals surface area (Å²) in [6.45, 7) is 1.99. The van der Waals surface area contributed by atoms with E-state index in [9.17, 15) is 0 Å². The Labute approximate surface area is 120 Å². The molecule has 2 N–H and O–H groups in total. The van der Waals surface area contributed by atoms with Gasteiger partial charge in [0.2, 0.25) is 0 Å². The first-order valence-electron chi connectivity index (χ1n) is 5.74. The van der Waals surface area contributed by atoms with E-state index in [0.717, 1.165) is 15.9 Å². The number of aromatic nitrogens is 1. The van der Waals surface area contributed by atoms with E-state index in [1.54, 1.807) is 11.8 Å². The molecule has 0 fully saturated rings. The van der Waals surface area contributed by atoms with Crippen molar-refractivity contribution in [2.75, 3.05) is 0 Å². The fraction of sp³-hybridized carbons (Fsp3) is 0.214. The van der Waals surface area contributed by atoms with Crippen LogP contribution in [-0.2, 0) is 5.75 Å². The highest BCUT2D eigenvalue weighted by Gasteiger charge is 2.01. The number of thioether (sulfide) groups is 1. The molecule has 1 heterocycles. The summed E-state index contributed by atoms with van der Waals surface area (Å²) in [5, 5.41) is 0. The highest BCUT2D eigenvalue weighted by molar-refractivity contribution is 9.10. The number of halogens is 1. The normalized spacial score (nSPS) is 12.4. The van der Waals surface area contributed by atoms with Crippen molar-refractivity contribution in [3.8, 4) is 0 Å². The average molecular weight is 323 g/mol. The first-order chi connectivity index (χ1) is 8.65. The molecular formula is C14H15BrN2S. The molecule has 0 amide bonds. The number of nitrogens with zero attached hydrogens (tertiary/aromatic N) is 1. The van der Waals surface area contributed by atoms with Gasteiger partial charge in [0.25, 0.3) is 0 Å². The van der Waals surface area contributed by atoms with Crippen LogP contribution in [0.5, 0.6) is 0 Å². The van der Waals surface area contributed by atoms with Gasteiger partial charge in [-0.05, 0) is 52.7 Å². The molecule has 0 aliphatic heterocycles. The molecular weight excluding hydrogens is 308 g/mol. The molecule has 0 saturated heterocycles. The molecule has 0 aliphatic carbocycles. The minimum Gasteiger partial charge on any atom is -0.324 e. The van der Waals surface area contributed by atoms with E-state index in [1.807, 2.05) is 25.3 Å². The Morgan fingerprint density at radius 2 is 1.94 bits per heavy atom. The summed E-state index contributed by atoms with van der Waals surface area (Å²) in [6.07, 6.45) is 1.83. The van der Waals surface area contributed by atoms with Gasteiger partial charge in [-0.2, -0.15) is 0 Å². The fourth-order valence-corrected chi connectivity index (χ4v) is 2.57. The molecule has 1 aromatic carbocycles. The van der Waals surface area contributed by atoms with Crippen LogP contribution in [0.4, 0.5) is 0 Å². The van der Waals surface area contributed by atoms with Crippen molar-refractivity contribution in [2.45, 2.75) is 23.6 Å². The summed E-state index contributed by atoms with van der Waals surface area (Å²) in [4.78, 5) is 5.59. The van der Waals surface area contributed by atoms with Gasteiger partial charge >= 0.3 is 0 Å². The van der Waals surface area contributed by atoms with Gasteiger partial charge in [-0.1, -0.05) is 12.1 Å². The lowest BCUT2D eigenvalue weighted by Gasteiger charge is -2.06. The van der Waals surface area contributed by atoms with Crippen LogP contribution in [0.15, 0.2) is 52.0 Å². The second-order valence-corrected chi connectivity index (χ2v) is 6.08. The van der Waals surface area contributed by atoms with E-state index >= 15 is 0 Å². The second-order valence-electron chi connectivity index (χ2n) is 4.11. The lowest BCUT2D eigenvalue weighted by atomic mass is 10.1. The zero-order chi connectivity index (χ0) is 13.0. The summed E-state index contributed by atoms with van der Waals surface area (Å²) < 4.78 is 1.01. The molecule has 94 valence electrons. The van der Waals surface area contributed by atoms with E-state index in [0.29, 0.717) is 0 Å². The van der Waals surface area contributed by atoms with Gasteiger partial charge in [0.1, 0.15) is 0 Å². The third kappa shape index (κ3) is 3.83. The first kappa shape index (κ1) is 13.6. The zero-order valence-corrected chi connectivity index (χ0v) is 12.5. The minimum absolute atomic E-state index is 0.0946. The maximum absolute atomic E-state index is 5.82. The monoisotopic (exact) mass is 322 g/mol. The predicted molar refractivity (Wildman–Crippen MR) is 80.5 cm³/mol. The maximum Gasteiger partial charge on any atom is 0.0507 e. The van der Waals surface area contributed by atoms with Gasteiger partial charge in [0.15, 0.2) is 0 Å². The van der Waals surface area contributed by atoms with Crippen LogP contribution < -0.4 is 5.73 Å². The Morgan fingerprint density at radius 3 is 2.50 bits per heavy atom. The molecule has 1 atom stereocenters. The molecule has 2 nitrogen and oxygen atoms in total. The largest absolute Gasteiger partial charge is 0.324 e. The topological polar surface area (TPSA) is 38.9 Å². The van der Waals surface area contributed by atoms with Crippen molar-refractivity contribution < 1.29 is 0 Å². The lowest BCUT2D eigenvalue weighted by Crippen LogP contribution is -2.04. The van der Waals surface area contributed by atoms with Crippen LogP contribution in [-0.4, -0.2) is 4.98 Å². The predicted octanol–water partition coefficient (Wildman–Crippen LogP) is 4.16. The molecule has 2 rings (SSSR count). The average Bonchev–Trinajstić information content (AvgIpc) is 2.38. The minimum atomic E-state index is 0.0946. The number of hydrogen-bond donors (Lipinski definition) is 1. The van der Waals surface area contributed by atoms with Gasteiger partial charge in [-0.25, -0.2) is 0 Å². The summed E-state index contributed by atoms with van der Waals surface area (Å²) in [5.41, 5.74) is 8.07. The molecule has 0 spiro atoms. The van der Waals surface area contributed by atoms with Gasteiger partial charge in [0.05, 0.1) is 5.69 Å². The number of benzene rings is 1. The number of rotatable bonds is 4. The first-order valence-corrected chi connectivity index (χ1v) is 7.52. The van der Waals surface area contributed by atoms with E-state index in [1.165, 1.54) is 10.5 Å². The van der Waals surface area contributed by atoms with E-state index in [-0.39, 0.29) is 6.04 Å². The van der Waals surface area contributed by atoms with Crippen molar-refractivity contribution in [2.24, 2.45) is 5.73 Å². The van der Waals surface area contributed by atoms with Crippen molar-refractivity contribution in [1.82, 2.24) is 4.98 Å². The molecule has 18 heavy (non-hydrogen) atoms. The number of nitrogens with two attached hydrogens (primary N) is 1. The summed E-state index contributed by atoms with van der Waals surface area (Å²) in [7, 11) is 0. The SMILES string of the molecule is CC(N)c1ccc(SCc2ccc(Br)cn2)cc1. The highest BCUT2D eigenvalue weighted by atomic mass is 79.9. The van der Waals surface area contributed by atoms with Gasteiger partial charge < -0.3 is 5.73 Å². The van der Waals surface area contributed by atoms with Gasteiger partial charge in [-0.3, -0.25) is 4.98 Å². The zero-order valence-electron chi connectivity index (χ0n) is 10.1. The molecule has 0 saturated carbocycles. The molecule has 0 radical (unpaired) electrons. The molecule has 1 aromatic heterocycles. The van der Waals surface area contributed by atoms with Crippen LogP contribution in [0.1, 0.15) is 24.2 Å². The fourth-order valence-electron chi connectivity index (χ4n) is 1.52. The Bertz CT molecular complexity index is 494. The van der Waals surface area contributed by atoms with Crippen molar-refractivity contribution in [3.05, 3.63) is 58.3 Å². The van der Waals surface area contributed by atoms with Crippen LogP contribution in [0.25, 0.3) is 0 Å². The molecule has 2 aromatic rings. The molecule has 0 bridgehead atoms. The summed E-state index contributed by atoms with van der Waals surface area (Å²) in [5.74, 6) is 0.880. The van der Waals surface area contributed by atoms with E-state index in [4.69, 9.17) is 5.73 Å². The quantitative estimate of drug-likeness (QED) is 0.859. The Balaban J connectivity index is 1.95. The van der Waals surface area contributed by atoms with Crippen molar-refractivity contribution in [1.29, 1.82) is 0 Å². The smallest absolute Gasteiger partial charge is 0.0507 e. The number of hydrogen-bond acceptors (Lipinski definition) is 3. The second kappa shape index (κ2) is 6.36. The van der Waals surface area contributed by atoms with E-state index in [2.05, 4.69) is 45.2 Å². The Hall–Kier alpha value is -0.840. The van der Waals surface area contributed by atoms with Crippen molar-refractivity contribution in [3.63, 3.8) is 0 Å². The highest BCUT2D eigenvalue weighted by Crippen LogP contribution is 2.23.